The van der Waals surface area contributed by atoms with Gasteiger partial charge in [-0.15, -0.1) is 0 Å². The van der Waals surface area contributed by atoms with E-state index in [1.807, 2.05) is 68.3 Å². The second kappa shape index (κ2) is 12.8. The van der Waals surface area contributed by atoms with Crippen LogP contribution >= 0.6 is 0 Å². The zero-order chi connectivity index (χ0) is 27.2. The van der Waals surface area contributed by atoms with Gasteiger partial charge in [-0.05, 0) is 65.0 Å². The van der Waals surface area contributed by atoms with Crippen molar-refractivity contribution in [3.8, 4) is 23.1 Å². The highest BCUT2D eigenvalue weighted by atomic mass is 32.2. The molecule has 200 valence electrons. The van der Waals surface area contributed by atoms with Crippen LogP contribution in [-0.2, 0) is 22.3 Å². The first-order valence-corrected chi connectivity index (χ1v) is 13.5. The SMILES string of the molecule is COCCNC(=O)c1cc2c(c(-c3cccc(C#CCN(C)C)c3)n1)[C@H](CCO)N([S@@](=O)C(C)(C)C)C2. The number of aliphatic hydroxyl groups is 1. The maximum Gasteiger partial charge on any atom is 0.269 e. The Hall–Kier alpha value is -2.61. The summed E-state index contributed by atoms with van der Waals surface area (Å²) in [4.78, 5) is 19.8. The second-order valence-electron chi connectivity index (χ2n) is 10.3. The monoisotopic (exact) mass is 526 g/mol. The van der Waals surface area contributed by atoms with Gasteiger partial charge in [0.05, 0.1) is 29.6 Å². The Labute approximate surface area is 223 Å². The van der Waals surface area contributed by atoms with Crippen LogP contribution in [0.15, 0.2) is 30.3 Å². The van der Waals surface area contributed by atoms with Crippen molar-refractivity contribution in [1.29, 1.82) is 0 Å². The Morgan fingerprint density at radius 1 is 1.32 bits per heavy atom. The topological polar surface area (TPSA) is 95.0 Å². The van der Waals surface area contributed by atoms with Crippen molar-refractivity contribution in [2.45, 2.75) is 44.5 Å². The van der Waals surface area contributed by atoms with Crippen LogP contribution in [0, 0.1) is 11.8 Å². The number of fused-ring (bicyclic) bond motifs is 1. The van der Waals surface area contributed by atoms with Crippen molar-refractivity contribution >= 4 is 16.9 Å². The van der Waals surface area contributed by atoms with E-state index in [1.165, 1.54) is 0 Å². The molecular formula is C28H38N4O4S. The molecule has 1 amide bonds. The van der Waals surface area contributed by atoms with Gasteiger partial charge in [0, 0.05) is 43.5 Å². The van der Waals surface area contributed by atoms with Crippen LogP contribution in [0.25, 0.3) is 11.3 Å². The number of amides is 1. The normalized spacial score (nSPS) is 16.3. The Bertz CT molecular complexity index is 1200. The fourth-order valence-electron chi connectivity index (χ4n) is 4.21. The number of hydrogen-bond acceptors (Lipinski definition) is 6. The van der Waals surface area contributed by atoms with Gasteiger partial charge in [0.25, 0.3) is 5.91 Å². The first-order chi connectivity index (χ1) is 17.6. The first kappa shape index (κ1) is 29.0. The molecule has 8 nitrogen and oxygen atoms in total. The van der Waals surface area contributed by atoms with Gasteiger partial charge in [-0.1, -0.05) is 24.0 Å². The van der Waals surface area contributed by atoms with Gasteiger partial charge in [0.2, 0.25) is 0 Å². The van der Waals surface area contributed by atoms with Crippen LogP contribution in [0.5, 0.6) is 0 Å². The minimum Gasteiger partial charge on any atom is -0.396 e. The molecule has 0 radical (unpaired) electrons. The van der Waals surface area contributed by atoms with E-state index in [0.29, 0.717) is 44.0 Å². The van der Waals surface area contributed by atoms with Gasteiger partial charge in [0.15, 0.2) is 0 Å². The van der Waals surface area contributed by atoms with Gasteiger partial charge in [-0.2, -0.15) is 0 Å². The van der Waals surface area contributed by atoms with Crippen molar-refractivity contribution in [2.75, 3.05) is 47.5 Å². The van der Waals surface area contributed by atoms with Crippen molar-refractivity contribution < 1.29 is 18.8 Å². The highest BCUT2D eigenvalue weighted by molar-refractivity contribution is 7.84. The van der Waals surface area contributed by atoms with Crippen molar-refractivity contribution in [3.05, 3.63) is 52.7 Å². The summed E-state index contributed by atoms with van der Waals surface area (Å²) in [5, 5.41) is 12.8. The summed E-state index contributed by atoms with van der Waals surface area (Å²) < 4.78 is 20.0. The summed E-state index contributed by atoms with van der Waals surface area (Å²) in [6.45, 7) is 7.56. The highest BCUT2D eigenvalue weighted by Gasteiger charge is 2.40. The standard InChI is InChI=1S/C28H38N4O4S/c1-28(2,3)37(35)32-19-22-18-23(27(34)29-13-16-36-6)30-26(25(22)24(32)12-15-33)21-11-7-9-20(17-21)10-8-14-31(4)5/h7,9,11,17-18,24,33H,12-16,19H2,1-6H3,(H,29,34)/t24-,37-/m0/s1. The first-order valence-electron chi connectivity index (χ1n) is 12.4. The van der Waals surface area contributed by atoms with Gasteiger partial charge >= 0.3 is 0 Å². The number of aliphatic hydroxyl groups excluding tert-OH is 1. The minimum absolute atomic E-state index is 0.0588. The summed E-state index contributed by atoms with van der Waals surface area (Å²) in [5.74, 6) is 6.06. The van der Waals surface area contributed by atoms with Crippen LogP contribution in [-0.4, -0.2) is 81.7 Å². The molecule has 3 rings (SSSR count). The molecule has 0 spiro atoms. The van der Waals surface area contributed by atoms with Crippen molar-refractivity contribution in [1.82, 2.24) is 19.5 Å². The number of nitrogens with zero attached hydrogens (tertiary/aromatic N) is 3. The van der Waals surface area contributed by atoms with E-state index in [-0.39, 0.29) is 18.6 Å². The largest absolute Gasteiger partial charge is 0.396 e. The van der Waals surface area contributed by atoms with Crippen molar-refractivity contribution in [3.63, 3.8) is 0 Å². The van der Waals surface area contributed by atoms with Crippen molar-refractivity contribution in [2.24, 2.45) is 0 Å². The zero-order valence-electron chi connectivity index (χ0n) is 22.6. The maximum atomic E-state index is 13.5. The number of benzene rings is 1. The third kappa shape index (κ3) is 7.24. The molecule has 1 aliphatic heterocycles. The number of carbonyl (C=O) groups excluding carboxylic acids is 1. The summed E-state index contributed by atoms with van der Waals surface area (Å²) in [6, 6.07) is 9.28. The molecule has 1 aliphatic rings. The van der Waals surface area contributed by atoms with E-state index < -0.39 is 15.7 Å². The average molecular weight is 527 g/mol. The molecule has 1 aromatic heterocycles. The average Bonchev–Trinajstić information content (AvgIpc) is 3.20. The Balaban J connectivity index is 2.14. The molecule has 1 aromatic carbocycles. The Morgan fingerprint density at radius 3 is 2.73 bits per heavy atom. The number of carbonyl (C=O) groups is 1. The molecule has 0 aliphatic carbocycles. The summed E-state index contributed by atoms with van der Waals surface area (Å²) in [7, 11) is 4.20. The van der Waals surface area contributed by atoms with Crippen LogP contribution in [0.3, 0.4) is 0 Å². The number of aromatic nitrogens is 1. The number of rotatable bonds is 9. The fourth-order valence-corrected chi connectivity index (χ4v) is 5.61. The molecule has 2 N–H and O–H groups in total. The number of ether oxygens (including phenoxy) is 1. The lowest BCUT2D eigenvalue weighted by molar-refractivity contribution is 0.0932. The summed E-state index contributed by atoms with van der Waals surface area (Å²) in [6.07, 6.45) is 0.408. The van der Waals surface area contributed by atoms with E-state index >= 15 is 0 Å². The molecular weight excluding hydrogens is 488 g/mol. The lowest BCUT2D eigenvalue weighted by atomic mass is 9.95. The Kier molecular flexibility index (Phi) is 9.99. The second-order valence-corrected chi connectivity index (χ2v) is 12.5. The minimum atomic E-state index is -1.32. The molecule has 2 atom stereocenters. The number of methoxy groups -OCH3 is 1. The van der Waals surface area contributed by atoms with E-state index in [9.17, 15) is 14.1 Å². The molecule has 0 saturated heterocycles. The number of hydrogen-bond donors (Lipinski definition) is 2. The fraction of sp³-hybridized carbons (Fsp3) is 0.500. The highest BCUT2D eigenvalue weighted by Crippen LogP contribution is 2.44. The Morgan fingerprint density at radius 2 is 2.08 bits per heavy atom. The smallest absolute Gasteiger partial charge is 0.269 e. The third-order valence-corrected chi connectivity index (χ3v) is 7.74. The summed E-state index contributed by atoms with van der Waals surface area (Å²) >= 11 is 0. The van der Waals surface area contributed by atoms with Crippen LogP contribution in [0.1, 0.15) is 60.4 Å². The molecule has 0 fully saturated rings. The molecule has 9 heteroatoms. The van der Waals surface area contributed by atoms with E-state index in [0.717, 1.165) is 22.3 Å². The summed E-state index contributed by atoms with van der Waals surface area (Å²) in [5.41, 5.74) is 4.40. The lowest BCUT2D eigenvalue weighted by Gasteiger charge is -2.30. The predicted molar refractivity (Wildman–Crippen MR) is 147 cm³/mol. The van der Waals surface area contributed by atoms with Crippen LogP contribution in [0.2, 0.25) is 0 Å². The van der Waals surface area contributed by atoms with Crippen LogP contribution in [0.4, 0.5) is 0 Å². The molecule has 0 bridgehead atoms. The zero-order valence-corrected chi connectivity index (χ0v) is 23.4. The van der Waals surface area contributed by atoms with Gasteiger partial charge in [-0.25, -0.2) is 13.5 Å². The molecule has 2 aromatic rings. The quantitative estimate of drug-likeness (QED) is 0.386. The van der Waals surface area contributed by atoms with Gasteiger partial charge in [-0.3, -0.25) is 9.69 Å². The lowest BCUT2D eigenvalue weighted by Crippen LogP contribution is -2.36. The predicted octanol–water partition coefficient (Wildman–Crippen LogP) is 2.74. The maximum absolute atomic E-state index is 13.5. The molecule has 0 saturated carbocycles. The van der Waals surface area contributed by atoms with E-state index in [4.69, 9.17) is 9.72 Å². The van der Waals surface area contributed by atoms with Gasteiger partial charge in [0.1, 0.15) is 16.7 Å². The van der Waals surface area contributed by atoms with E-state index in [1.54, 1.807) is 13.2 Å². The molecule has 37 heavy (non-hydrogen) atoms. The number of nitrogens with one attached hydrogen (secondary N) is 1. The van der Waals surface area contributed by atoms with Gasteiger partial charge < -0.3 is 15.2 Å². The molecule has 0 unspecified atom stereocenters. The third-order valence-electron chi connectivity index (χ3n) is 5.88. The van der Waals surface area contributed by atoms with Crippen LogP contribution < -0.4 is 5.32 Å². The molecule has 2 heterocycles. The number of pyridine rings is 1. The van der Waals surface area contributed by atoms with E-state index in [2.05, 4.69) is 17.2 Å².